The van der Waals surface area contributed by atoms with Gasteiger partial charge in [0, 0.05) is 0 Å². The number of thiophene rings is 1. The van der Waals surface area contributed by atoms with Crippen molar-refractivity contribution in [3.63, 3.8) is 0 Å². The SMILES string of the molecule is CCOC(=O)c1sccc1CC1CCC1. The van der Waals surface area contributed by atoms with Crippen molar-refractivity contribution in [3.8, 4) is 0 Å². The van der Waals surface area contributed by atoms with Crippen LogP contribution < -0.4 is 0 Å². The maximum absolute atomic E-state index is 11.6. The highest BCUT2D eigenvalue weighted by Gasteiger charge is 2.21. The van der Waals surface area contributed by atoms with Crippen molar-refractivity contribution in [2.75, 3.05) is 6.61 Å². The molecule has 1 heterocycles. The van der Waals surface area contributed by atoms with Gasteiger partial charge in [-0.1, -0.05) is 19.3 Å². The van der Waals surface area contributed by atoms with E-state index in [9.17, 15) is 4.79 Å². The Labute approximate surface area is 94.3 Å². The summed E-state index contributed by atoms with van der Waals surface area (Å²) in [6, 6.07) is 2.06. The fourth-order valence-corrected chi connectivity index (χ4v) is 2.71. The van der Waals surface area contributed by atoms with E-state index < -0.39 is 0 Å². The van der Waals surface area contributed by atoms with Crippen LogP contribution in [0.4, 0.5) is 0 Å². The molecule has 1 aromatic rings. The number of hydrogen-bond donors (Lipinski definition) is 0. The summed E-state index contributed by atoms with van der Waals surface area (Å²) in [4.78, 5) is 12.4. The fraction of sp³-hybridized carbons (Fsp3) is 0.583. The summed E-state index contributed by atoms with van der Waals surface area (Å²) in [6.45, 7) is 2.30. The van der Waals surface area contributed by atoms with Crippen molar-refractivity contribution in [2.24, 2.45) is 5.92 Å². The Kier molecular flexibility index (Phi) is 3.41. The van der Waals surface area contributed by atoms with Crippen molar-refractivity contribution in [1.29, 1.82) is 0 Å². The summed E-state index contributed by atoms with van der Waals surface area (Å²) in [5.74, 6) is 0.648. The number of rotatable bonds is 4. The molecule has 2 nitrogen and oxygen atoms in total. The Balaban J connectivity index is 2.03. The van der Waals surface area contributed by atoms with Gasteiger partial charge >= 0.3 is 5.97 Å². The number of hydrogen-bond acceptors (Lipinski definition) is 3. The maximum atomic E-state index is 11.6. The van der Waals surface area contributed by atoms with Crippen molar-refractivity contribution in [2.45, 2.75) is 32.6 Å². The molecule has 0 bridgehead atoms. The summed E-state index contributed by atoms with van der Waals surface area (Å²) in [6.07, 6.45) is 5.04. The van der Waals surface area contributed by atoms with Gasteiger partial charge in [-0.25, -0.2) is 4.79 Å². The molecule has 0 spiro atoms. The molecule has 1 saturated carbocycles. The maximum Gasteiger partial charge on any atom is 0.348 e. The zero-order valence-corrected chi connectivity index (χ0v) is 9.81. The molecular weight excluding hydrogens is 208 g/mol. The molecule has 0 radical (unpaired) electrons. The molecule has 0 aromatic carbocycles. The zero-order valence-electron chi connectivity index (χ0n) is 8.99. The van der Waals surface area contributed by atoms with Crippen LogP contribution in [0.2, 0.25) is 0 Å². The molecule has 2 rings (SSSR count). The largest absolute Gasteiger partial charge is 0.462 e. The van der Waals surface area contributed by atoms with Crippen LogP contribution >= 0.6 is 11.3 Å². The number of carbonyl (C=O) groups is 1. The van der Waals surface area contributed by atoms with Crippen molar-refractivity contribution >= 4 is 17.3 Å². The van der Waals surface area contributed by atoms with E-state index in [4.69, 9.17) is 4.74 Å². The summed E-state index contributed by atoms with van der Waals surface area (Å²) < 4.78 is 5.03. The molecule has 82 valence electrons. The Bertz CT molecular complexity index is 339. The second-order valence-corrected chi connectivity index (χ2v) is 4.91. The van der Waals surface area contributed by atoms with Gasteiger partial charge in [-0.3, -0.25) is 0 Å². The third kappa shape index (κ3) is 2.40. The predicted octanol–water partition coefficient (Wildman–Crippen LogP) is 3.27. The van der Waals surface area contributed by atoms with Crippen molar-refractivity contribution in [1.82, 2.24) is 0 Å². The standard InChI is InChI=1S/C12H16O2S/c1-2-14-12(13)11-10(6-7-15-11)8-9-4-3-5-9/h6-7,9H,2-5,8H2,1H3. The number of ether oxygens (including phenoxy) is 1. The molecule has 0 saturated heterocycles. The van der Waals surface area contributed by atoms with Crippen molar-refractivity contribution in [3.05, 3.63) is 21.9 Å². The van der Waals surface area contributed by atoms with Crippen LogP contribution in [0.5, 0.6) is 0 Å². The van der Waals surface area contributed by atoms with Crippen molar-refractivity contribution < 1.29 is 9.53 Å². The Morgan fingerprint density at radius 2 is 2.40 bits per heavy atom. The van der Waals surface area contributed by atoms with E-state index in [0.717, 1.165) is 17.2 Å². The van der Waals surface area contributed by atoms with Crippen LogP contribution in [0.25, 0.3) is 0 Å². The predicted molar refractivity (Wildman–Crippen MR) is 61.3 cm³/mol. The normalized spacial score (nSPS) is 16.1. The lowest BCUT2D eigenvalue weighted by atomic mass is 9.81. The highest BCUT2D eigenvalue weighted by atomic mass is 32.1. The molecule has 1 aliphatic rings. The topological polar surface area (TPSA) is 26.3 Å². The molecule has 0 N–H and O–H groups in total. The first kappa shape index (κ1) is 10.7. The van der Waals surface area contributed by atoms with Crippen LogP contribution in [0, 0.1) is 5.92 Å². The lowest BCUT2D eigenvalue weighted by molar-refractivity contribution is 0.0530. The first-order chi connectivity index (χ1) is 7.31. The Morgan fingerprint density at radius 1 is 1.60 bits per heavy atom. The van der Waals surface area contributed by atoms with E-state index in [1.165, 1.54) is 36.2 Å². The van der Waals surface area contributed by atoms with Crippen LogP contribution in [-0.2, 0) is 11.2 Å². The van der Waals surface area contributed by atoms with Gasteiger partial charge in [-0.05, 0) is 36.3 Å². The van der Waals surface area contributed by atoms with E-state index in [1.807, 2.05) is 12.3 Å². The lowest BCUT2D eigenvalue weighted by Crippen LogP contribution is -2.15. The molecule has 0 atom stereocenters. The van der Waals surface area contributed by atoms with Gasteiger partial charge in [0.25, 0.3) is 0 Å². The Morgan fingerprint density at radius 3 is 3.00 bits per heavy atom. The first-order valence-electron chi connectivity index (χ1n) is 5.54. The molecule has 0 amide bonds. The minimum absolute atomic E-state index is 0.151. The second kappa shape index (κ2) is 4.79. The van der Waals surface area contributed by atoms with E-state index in [2.05, 4.69) is 6.07 Å². The average molecular weight is 224 g/mol. The molecule has 1 aliphatic carbocycles. The summed E-state index contributed by atoms with van der Waals surface area (Å²) in [5, 5.41) is 1.99. The van der Waals surface area contributed by atoms with Crippen LogP contribution in [-0.4, -0.2) is 12.6 Å². The molecule has 1 aromatic heterocycles. The minimum atomic E-state index is -0.151. The molecule has 1 fully saturated rings. The third-order valence-electron chi connectivity index (χ3n) is 2.94. The molecule has 15 heavy (non-hydrogen) atoms. The van der Waals surface area contributed by atoms with E-state index >= 15 is 0 Å². The van der Waals surface area contributed by atoms with Gasteiger partial charge in [0.1, 0.15) is 4.88 Å². The van der Waals surface area contributed by atoms with E-state index in [0.29, 0.717) is 6.61 Å². The van der Waals surface area contributed by atoms with Crippen LogP contribution in [0.1, 0.15) is 41.4 Å². The van der Waals surface area contributed by atoms with Gasteiger partial charge in [0.15, 0.2) is 0 Å². The minimum Gasteiger partial charge on any atom is -0.462 e. The van der Waals surface area contributed by atoms with Gasteiger partial charge in [-0.2, -0.15) is 0 Å². The molecule has 0 unspecified atom stereocenters. The van der Waals surface area contributed by atoms with Gasteiger partial charge in [-0.15, -0.1) is 11.3 Å². The third-order valence-corrected chi connectivity index (χ3v) is 3.88. The average Bonchev–Trinajstić information content (AvgIpc) is 2.59. The molecule has 3 heteroatoms. The molecule has 0 aliphatic heterocycles. The lowest BCUT2D eigenvalue weighted by Gasteiger charge is -2.25. The monoisotopic (exact) mass is 224 g/mol. The zero-order chi connectivity index (χ0) is 10.7. The van der Waals surface area contributed by atoms with Crippen LogP contribution in [0.15, 0.2) is 11.4 Å². The quantitative estimate of drug-likeness (QED) is 0.734. The first-order valence-corrected chi connectivity index (χ1v) is 6.42. The number of carbonyl (C=O) groups excluding carboxylic acids is 1. The van der Waals surface area contributed by atoms with E-state index in [1.54, 1.807) is 0 Å². The number of esters is 1. The van der Waals surface area contributed by atoms with Gasteiger partial charge < -0.3 is 4.74 Å². The van der Waals surface area contributed by atoms with Crippen LogP contribution in [0.3, 0.4) is 0 Å². The molecular formula is C12H16O2S. The smallest absolute Gasteiger partial charge is 0.348 e. The summed E-state index contributed by atoms with van der Waals surface area (Å²) >= 11 is 1.50. The Hall–Kier alpha value is -0.830. The highest BCUT2D eigenvalue weighted by molar-refractivity contribution is 7.12. The second-order valence-electron chi connectivity index (χ2n) is 4.00. The van der Waals surface area contributed by atoms with Gasteiger partial charge in [0.2, 0.25) is 0 Å². The van der Waals surface area contributed by atoms with Gasteiger partial charge in [0.05, 0.1) is 6.61 Å². The summed E-state index contributed by atoms with van der Waals surface area (Å²) in [5.41, 5.74) is 1.18. The summed E-state index contributed by atoms with van der Waals surface area (Å²) in [7, 11) is 0. The highest BCUT2D eigenvalue weighted by Crippen LogP contribution is 2.32. The fourth-order valence-electron chi connectivity index (χ4n) is 1.88. The van der Waals surface area contributed by atoms with E-state index in [-0.39, 0.29) is 5.97 Å².